The molecule has 2 aromatic carbocycles. The fraction of sp³-hybridized carbons (Fsp3) is 0.182. The number of rotatable bonds is 6. The van der Waals surface area contributed by atoms with Crippen molar-refractivity contribution in [1.82, 2.24) is 4.98 Å². The highest BCUT2D eigenvalue weighted by atomic mass is 32.2. The van der Waals surface area contributed by atoms with Crippen molar-refractivity contribution < 1.29 is 22.7 Å². The molecule has 0 fully saturated rings. The lowest BCUT2D eigenvalue weighted by atomic mass is 10.0. The third-order valence-electron chi connectivity index (χ3n) is 4.91. The minimum Gasteiger partial charge on any atom is -0.489 e. The summed E-state index contributed by atoms with van der Waals surface area (Å²) >= 11 is 0. The molecule has 8 heteroatoms. The highest BCUT2D eigenvalue weighted by Crippen LogP contribution is 2.44. The Hall–Kier alpha value is -3.39. The zero-order chi connectivity index (χ0) is 21.1. The maximum atomic E-state index is 13.2. The SMILES string of the molecule is COC(=O)CC1c2ccccc2S(=O)(=O)N1c1ccc(OCc2cccnc2)cc1. The van der Waals surface area contributed by atoms with E-state index < -0.39 is 22.0 Å². The molecule has 0 bridgehead atoms. The Balaban J connectivity index is 1.61. The van der Waals surface area contributed by atoms with Crippen molar-refractivity contribution >= 4 is 21.7 Å². The summed E-state index contributed by atoms with van der Waals surface area (Å²) in [6.45, 7) is 0.353. The molecular formula is C22H20N2O5S. The standard InChI is InChI=1S/C22H20N2O5S/c1-28-22(25)13-20-19-6-2-3-7-21(19)30(26,27)24(20)17-8-10-18(11-9-17)29-15-16-5-4-12-23-14-16/h2-12,14,20H,13,15H2,1H3. The van der Waals surface area contributed by atoms with Crippen molar-refractivity contribution in [3.8, 4) is 5.75 Å². The number of carbonyl (C=O) groups excluding carboxylic acids is 1. The van der Waals surface area contributed by atoms with Gasteiger partial charge in [-0.15, -0.1) is 0 Å². The van der Waals surface area contributed by atoms with Crippen LogP contribution in [0.3, 0.4) is 0 Å². The highest BCUT2D eigenvalue weighted by molar-refractivity contribution is 7.93. The highest BCUT2D eigenvalue weighted by Gasteiger charge is 2.43. The molecule has 1 atom stereocenters. The zero-order valence-corrected chi connectivity index (χ0v) is 17.1. The van der Waals surface area contributed by atoms with Crippen LogP contribution in [0, 0.1) is 0 Å². The molecule has 0 saturated heterocycles. The van der Waals surface area contributed by atoms with Crippen LogP contribution in [0.2, 0.25) is 0 Å². The minimum atomic E-state index is -3.79. The van der Waals surface area contributed by atoms with Crippen LogP contribution in [0.25, 0.3) is 0 Å². The van der Waals surface area contributed by atoms with Crippen LogP contribution < -0.4 is 9.04 Å². The first-order valence-electron chi connectivity index (χ1n) is 9.32. The fourth-order valence-corrected chi connectivity index (χ4v) is 5.37. The summed E-state index contributed by atoms with van der Waals surface area (Å²) in [4.78, 5) is 16.2. The van der Waals surface area contributed by atoms with E-state index in [9.17, 15) is 13.2 Å². The number of carbonyl (C=O) groups is 1. The van der Waals surface area contributed by atoms with Crippen molar-refractivity contribution in [3.05, 3.63) is 84.2 Å². The quantitative estimate of drug-likeness (QED) is 0.563. The van der Waals surface area contributed by atoms with Gasteiger partial charge in [-0.3, -0.25) is 14.1 Å². The third-order valence-corrected chi connectivity index (χ3v) is 6.82. The monoisotopic (exact) mass is 424 g/mol. The molecule has 1 aromatic heterocycles. The molecular weight excluding hydrogens is 404 g/mol. The minimum absolute atomic E-state index is 0.0774. The van der Waals surface area contributed by atoms with Gasteiger partial charge in [0.05, 0.1) is 30.2 Å². The van der Waals surface area contributed by atoms with Crippen LogP contribution in [0.4, 0.5) is 5.69 Å². The Morgan fingerprint density at radius 3 is 2.53 bits per heavy atom. The Morgan fingerprint density at radius 2 is 1.83 bits per heavy atom. The molecule has 4 rings (SSSR count). The number of aromatic nitrogens is 1. The normalized spacial score (nSPS) is 16.7. The summed E-state index contributed by atoms with van der Waals surface area (Å²) in [5.74, 6) is 0.120. The first-order chi connectivity index (χ1) is 14.5. The average molecular weight is 424 g/mol. The number of pyridine rings is 1. The van der Waals surface area contributed by atoms with Gasteiger partial charge in [0, 0.05) is 18.0 Å². The number of benzene rings is 2. The predicted octanol–water partition coefficient (Wildman–Crippen LogP) is 3.47. The maximum absolute atomic E-state index is 13.2. The Bertz CT molecular complexity index is 1150. The number of nitrogens with zero attached hydrogens (tertiary/aromatic N) is 2. The molecule has 0 spiro atoms. The second-order valence-corrected chi connectivity index (χ2v) is 8.56. The average Bonchev–Trinajstić information content (AvgIpc) is 3.00. The van der Waals surface area contributed by atoms with E-state index in [-0.39, 0.29) is 11.3 Å². The van der Waals surface area contributed by atoms with Crippen LogP contribution >= 0.6 is 0 Å². The number of sulfonamides is 1. The lowest BCUT2D eigenvalue weighted by molar-refractivity contribution is -0.141. The van der Waals surface area contributed by atoms with Gasteiger partial charge < -0.3 is 9.47 Å². The molecule has 0 amide bonds. The number of ether oxygens (including phenoxy) is 2. The van der Waals surface area contributed by atoms with E-state index in [1.54, 1.807) is 60.9 Å². The zero-order valence-electron chi connectivity index (χ0n) is 16.3. The van der Waals surface area contributed by atoms with Crippen molar-refractivity contribution in [2.24, 2.45) is 0 Å². The molecule has 30 heavy (non-hydrogen) atoms. The molecule has 2 heterocycles. The van der Waals surface area contributed by atoms with Crippen molar-refractivity contribution in [3.63, 3.8) is 0 Å². The number of fused-ring (bicyclic) bond motifs is 1. The summed E-state index contributed by atoms with van der Waals surface area (Å²) in [6, 6.07) is 16.6. The van der Waals surface area contributed by atoms with Crippen molar-refractivity contribution in [1.29, 1.82) is 0 Å². The molecule has 0 radical (unpaired) electrons. The van der Waals surface area contributed by atoms with Crippen molar-refractivity contribution in [2.75, 3.05) is 11.4 Å². The lowest BCUT2D eigenvalue weighted by Crippen LogP contribution is -2.29. The van der Waals surface area contributed by atoms with Gasteiger partial charge in [0.25, 0.3) is 10.0 Å². The Kier molecular flexibility index (Phi) is 5.41. The molecule has 1 aliphatic rings. The molecule has 0 aliphatic carbocycles. The first kappa shape index (κ1) is 19.9. The summed E-state index contributed by atoms with van der Waals surface area (Å²) in [7, 11) is -2.51. The van der Waals surface area contributed by atoms with E-state index in [2.05, 4.69) is 4.98 Å². The molecule has 3 aromatic rings. The second-order valence-electron chi connectivity index (χ2n) is 6.78. The third kappa shape index (κ3) is 3.73. The van der Waals surface area contributed by atoms with Gasteiger partial charge in [-0.2, -0.15) is 0 Å². The molecule has 7 nitrogen and oxygen atoms in total. The number of methoxy groups -OCH3 is 1. The Labute approximate surface area is 174 Å². The molecule has 0 saturated carbocycles. The van der Waals surface area contributed by atoms with Gasteiger partial charge in [-0.25, -0.2) is 8.42 Å². The largest absolute Gasteiger partial charge is 0.489 e. The smallest absolute Gasteiger partial charge is 0.307 e. The van der Waals surface area contributed by atoms with E-state index >= 15 is 0 Å². The van der Waals surface area contributed by atoms with Gasteiger partial charge in [0.1, 0.15) is 12.4 Å². The topological polar surface area (TPSA) is 85.8 Å². The predicted molar refractivity (Wildman–Crippen MR) is 110 cm³/mol. The van der Waals surface area contributed by atoms with Crippen LogP contribution in [0.1, 0.15) is 23.6 Å². The van der Waals surface area contributed by atoms with Crippen LogP contribution in [0.5, 0.6) is 5.75 Å². The van der Waals surface area contributed by atoms with Gasteiger partial charge in [0.15, 0.2) is 0 Å². The van der Waals surface area contributed by atoms with Gasteiger partial charge in [-0.1, -0.05) is 24.3 Å². The van der Waals surface area contributed by atoms with E-state index in [0.29, 0.717) is 23.6 Å². The summed E-state index contributed by atoms with van der Waals surface area (Å²) in [5, 5.41) is 0. The second kappa shape index (κ2) is 8.16. The van der Waals surface area contributed by atoms with Gasteiger partial charge >= 0.3 is 5.97 Å². The van der Waals surface area contributed by atoms with Gasteiger partial charge in [0.2, 0.25) is 0 Å². The van der Waals surface area contributed by atoms with Gasteiger partial charge in [-0.05, 0) is 42.0 Å². The van der Waals surface area contributed by atoms with E-state index in [0.717, 1.165) is 5.56 Å². The molecule has 0 N–H and O–H groups in total. The Morgan fingerprint density at radius 1 is 1.07 bits per heavy atom. The molecule has 154 valence electrons. The maximum Gasteiger partial charge on any atom is 0.307 e. The van der Waals surface area contributed by atoms with E-state index in [4.69, 9.17) is 9.47 Å². The summed E-state index contributed by atoms with van der Waals surface area (Å²) in [5.41, 5.74) is 1.96. The van der Waals surface area contributed by atoms with E-state index in [1.165, 1.54) is 11.4 Å². The summed E-state index contributed by atoms with van der Waals surface area (Å²) in [6.07, 6.45) is 3.34. The lowest BCUT2D eigenvalue weighted by Gasteiger charge is -2.25. The summed E-state index contributed by atoms with van der Waals surface area (Å²) < 4.78 is 38.2. The number of esters is 1. The number of anilines is 1. The fourth-order valence-electron chi connectivity index (χ4n) is 3.48. The number of hydrogen-bond acceptors (Lipinski definition) is 6. The molecule has 1 aliphatic heterocycles. The first-order valence-corrected chi connectivity index (χ1v) is 10.8. The van der Waals surface area contributed by atoms with E-state index in [1.807, 2.05) is 12.1 Å². The molecule has 1 unspecified atom stereocenters. The van der Waals surface area contributed by atoms with Crippen LogP contribution in [0.15, 0.2) is 78.0 Å². The van der Waals surface area contributed by atoms with Crippen LogP contribution in [-0.2, 0) is 26.2 Å². The van der Waals surface area contributed by atoms with Crippen LogP contribution in [-0.4, -0.2) is 26.5 Å². The van der Waals surface area contributed by atoms with Crippen molar-refractivity contribution in [2.45, 2.75) is 24.0 Å². The number of hydrogen-bond donors (Lipinski definition) is 0.